The maximum Gasteiger partial charge on any atom is 0.191 e. The smallest absolute Gasteiger partial charge is 0.191 e. The Morgan fingerprint density at radius 2 is 1.90 bits per heavy atom. The maximum atomic E-state index is 4.57. The largest absolute Gasteiger partial charge is 0.356 e. The molecule has 2 aliphatic rings. The third-order valence-corrected chi connectivity index (χ3v) is 7.24. The van der Waals surface area contributed by atoms with Gasteiger partial charge in [-0.2, -0.15) is 0 Å². The first-order chi connectivity index (χ1) is 14.2. The summed E-state index contributed by atoms with van der Waals surface area (Å²) in [6.45, 7) is 5.09. The average molecular weight is 538 g/mol. The van der Waals surface area contributed by atoms with Gasteiger partial charge in [-0.3, -0.25) is 4.99 Å². The molecule has 2 aromatic rings. The lowest BCUT2D eigenvalue weighted by Gasteiger charge is -2.34. The molecule has 7 heteroatoms. The molecule has 2 heterocycles. The Balaban J connectivity index is 0.00000256. The van der Waals surface area contributed by atoms with Crippen LogP contribution in [0.2, 0.25) is 0 Å². The first kappa shape index (κ1) is 23.2. The number of hydrogen-bond donors (Lipinski definition) is 2. The zero-order valence-corrected chi connectivity index (χ0v) is 21.0. The third-order valence-electron chi connectivity index (χ3n) is 5.74. The lowest BCUT2D eigenvalue weighted by atomic mass is 10.1. The van der Waals surface area contributed by atoms with Crippen molar-refractivity contribution in [3.63, 3.8) is 0 Å². The standard InChI is InChI=1S/C23H31N5S.HI/c1-18-8-9-21(25-16-18)28-14-10-19(11-15-28)27-22(24-2)26-17-23(12-13-23)29-20-6-4-3-5-7-20;/h3-9,16,19H,10-15,17H2,1-2H3,(H2,24,26,27);1H. The van der Waals surface area contributed by atoms with Gasteiger partial charge < -0.3 is 15.5 Å². The van der Waals surface area contributed by atoms with Crippen LogP contribution in [0.5, 0.6) is 0 Å². The van der Waals surface area contributed by atoms with E-state index in [0.29, 0.717) is 10.8 Å². The van der Waals surface area contributed by atoms with E-state index in [2.05, 4.69) is 74.9 Å². The molecule has 1 saturated heterocycles. The van der Waals surface area contributed by atoms with E-state index >= 15 is 0 Å². The molecule has 1 aliphatic heterocycles. The number of pyridine rings is 1. The van der Waals surface area contributed by atoms with Crippen LogP contribution in [-0.2, 0) is 0 Å². The number of aryl methyl sites for hydroxylation is 1. The van der Waals surface area contributed by atoms with Crippen LogP contribution in [0.1, 0.15) is 31.2 Å². The average Bonchev–Trinajstić information content (AvgIpc) is 3.52. The van der Waals surface area contributed by atoms with Gasteiger partial charge in [0.2, 0.25) is 0 Å². The summed E-state index contributed by atoms with van der Waals surface area (Å²) in [5.74, 6) is 2.02. The molecule has 0 radical (unpaired) electrons. The molecule has 0 spiro atoms. The van der Waals surface area contributed by atoms with Crippen LogP contribution in [0, 0.1) is 6.92 Å². The van der Waals surface area contributed by atoms with Crippen LogP contribution >= 0.6 is 35.7 Å². The SMILES string of the molecule is CN=C(NCC1(Sc2ccccc2)CC1)NC1CCN(c2ccc(C)cn2)CC1.I. The van der Waals surface area contributed by atoms with Crippen LogP contribution in [0.25, 0.3) is 0 Å². The number of aliphatic imine (C=N–C) groups is 1. The highest BCUT2D eigenvalue weighted by molar-refractivity contribution is 14.0. The number of anilines is 1. The first-order valence-corrected chi connectivity index (χ1v) is 11.4. The van der Waals surface area contributed by atoms with Crippen molar-refractivity contribution in [2.75, 3.05) is 31.6 Å². The molecule has 1 saturated carbocycles. The van der Waals surface area contributed by atoms with Gasteiger partial charge in [-0.05, 0) is 56.4 Å². The molecular formula is C23H32IN5S. The second-order valence-electron chi connectivity index (χ2n) is 8.12. The molecule has 4 rings (SSSR count). The van der Waals surface area contributed by atoms with Crippen molar-refractivity contribution in [2.24, 2.45) is 4.99 Å². The summed E-state index contributed by atoms with van der Waals surface area (Å²) < 4.78 is 0.319. The Labute approximate surface area is 201 Å². The fourth-order valence-corrected chi connectivity index (χ4v) is 4.97. The minimum absolute atomic E-state index is 0. The minimum Gasteiger partial charge on any atom is -0.356 e. The third kappa shape index (κ3) is 6.26. The van der Waals surface area contributed by atoms with Crippen LogP contribution in [0.15, 0.2) is 58.5 Å². The van der Waals surface area contributed by atoms with Gasteiger partial charge in [-0.25, -0.2) is 4.98 Å². The lowest BCUT2D eigenvalue weighted by molar-refractivity contribution is 0.459. The van der Waals surface area contributed by atoms with Crippen molar-refractivity contribution >= 4 is 47.5 Å². The normalized spacial score (nSPS) is 18.5. The molecule has 0 atom stereocenters. The van der Waals surface area contributed by atoms with E-state index in [1.807, 2.05) is 25.0 Å². The molecular weight excluding hydrogens is 505 g/mol. The van der Waals surface area contributed by atoms with E-state index < -0.39 is 0 Å². The van der Waals surface area contributed by atoms with Crippen LogP contribution in [-0.4, -0.2) is 48.4 Å². The summed E-state index contributed by atoms with van der Waals surface area (Å²) in [6.07, 6.45) is 6.67. The highest BCUT2D eigenvalue weighted by Crippen LogP contribution is 2.51. The molecule has 1 aliphatic carbocycles. The number of rotatable bonds is 6. The summed E-state index contributed by atoms with van der Waals surface area (Å²) >= 11 is 2.00. The summed E-state index contributed by atoms with van der Waals surface area (Å²) in [4.78, 5) is 12.8. The van der Waals surface area contributed by atoms with Crippen molar-refractivity contribution in [2.45, 2.75) is 48.3 Å². The Bertz CT molecular complexity index is 815. The number of halogens is 1. The van der Waals surface area contributed by atoms with Crippen LogP contribution < -0.4 is 15.5 Å². The van der Waals surface area contributed by atoms with Gasteiger partial charge >= 0.3 is 0 Å². The Morgan fingerprint density at radius 1 is 1.17 bits per heavy atom. The second kappa shape index (κ2) is 10.7. The second-order valence-corrected chi connectivity index (χ2v) is 9.66. The summed E-state index contributed by atoms with van der Waals surface area (Å²) in [5, 5.41) is 7.21. The van der Waals surface area contributed by atoms with Gasteiger partial charge in [0.15, 0.2) is 5.96 Å². The molecule has 2 fully saturated rings. The van der Waals surface area contributed by atoms with Crippen molar-refractivity contribution in [3.8, 4) is 0 Å². The van der Waals surface area contributed by atoms with Gasteiger partial charge in [0.25, 0.3) is 0 Å². The Morgan fingerprint density at radius 3 is 2.50 bits per heavy atom. The van der Waals surface area contributed by atoms with Gasteiger partial charge in [0.05, 0.1) is 0 Å². The number of guanidine groups is 1. The zero-order chi connectivity index (χ0) is 20.1. The highest BCUT2D eigenvalue weighted by Gasteiger charge is 2.43. The zero-order valence-electron chi connectivity index (χ0n) is 17.8. The van der Waals surface area contributed by atoms with E-state index in [0.717, 1.165) is 44.3 Å². The molecule has 1 aromatic carbocycles. The lowest BCUT2D eigenvalue weighted by Crippen LogP contribution is -2.50. The summed E-state index contributed by atoms with van der Waals surface area (Å²) in [7, 11) is 1.87. The van der Waals surface area contributed by atoms with Crippen LogP contribution in [0.4, 0.5) is 5.82 Å². The summed E-state index contributed by atoms with van der Waals surface area (Å²) in [5.41, 5.74) is 1.21. The van der Waals surface area contributed by atoms with E-state index in [4.69, 9.17) is 0 Å². The first-order valence-electron chi connectivity index (χ1n) is 10.5. The van der Waals surface area contributed by atoms with E-state index in [1.54, 1.807) is 0 Å². The number of benzene rings is 1. The number of thioether (sulfide) groups is 1. The number of hydrogen-bond acceptors (Lipinski definition) is 4. The van der Waals surface area contributed by atoms with Gasteiger partial charge in [-0.1, -0.05) is 24.3 Å². The van der Waals surface area contributed by atoms with Crippen molar-refractivity contribution < 1.29 is 0 Å². The molecule has 0 unspecified atom stereocenters. The van der Waals surface area contributed by atoms with Gasteiger partial charge in [-0.15, -0.1) is 35.7 Å². The molecule has 5 nitrogen and oxygen atoms in total. The number of aromatic nitrogens is 1. The predicted molar refractivity (Wildman–Crippen MR) is 138 cm³/mol. The molecule has 1 aromatic heterocycles. The van der Waals surface area contributed by atoms with Crippen molar-refractivity contribution in [1.29, 1.82) is 0 Å². The van der Waals surface area contributed by atoms with Gasteiger partial charge in [0, 0.05) is 48.6 Å². The maximum absolute atomic E-state index is 4.57. The quantitative estimate of drug-likeness (QED) is 0.324. The topological polar surface area (TPSA) is 52.6 Å². The predicted octanol–water partition coefficient (Wildman–Crippen LogP) is 4.47. The molecule has 0 amide bonds. The minimum atomic E-state index is 0. The monoisotopic (exact) mass is 537 g/mol. The molecule has 2 N–H and O–H groups in total. The van der Waals surface area contributed by atoms with E-state index in [9.17, 15) is 0 Å². The Hall–Kier alpha value is -1.48. The number of piperidine rings is 1. The summed E-state index contributed by atoms with van der Waals surface area (Å²) in [6, 6.07) is 15.4. The van der Waals surface area contributed by atoms with Crippen molar-refractivity contribution in [1.82, 2.24) is 15.6 Å². The van der Waals surface area contributed by atoms with Crippen LogP contribution in [0.3, 0.4) is 0 Å². The highest BCUT2D eigenvalue weighted by atomic mass is 127. The number of nitrogens with one attached hydrogen (secondary N) is 2. The molecule has 0 bridgehead atoms. The van der Waals surface area contributed by atoms with Crippen molar-refractivity contribution in [3.05, 3.63) is 54.2 Å². The van der Waals surface area contributed by atoms with E-state index in [1.165, 1.54) is 23.3 Å². The number of nitrogens with zero attached hydrogens (tertiary/aromatic N) is 3. The van der Waals surface area contributed by atoms with E-state index in [-0.39, 0.29) is 24.0 Å². The molecule has 30 heavy (non-hydrogen) atoms. The van der Waals surface area contributed by atoms with Gasteiger partial charge in [0.1, 0.15) is 5.82 Å². The molecule has 162 valence electrons. The fourth-order valence-electron chi connectivity index (χ4n) is 3.73. The Kier molecular flexibility index (Phi) is 8.27. The fraction of sp³-hybridized carbons (Fsp3) is 0.478.